The average Bonchev–Trinajstić information content (AvgIpc) is 2.40. The number of carbonyl (C=O) groups excluding carboxylic acids is 1. The van der Waals surface area contributed by atoms with Gasteiger partial charge >= 0.3 is 6.03 Å². The van der Waals surface area contributed by atoms with E-state index in [-0.39, 0.29) is 12.1 Å². The van der Waals surface area contributed by atoms with Crippen LogP contribution in [-0.2, 0) is 4.74 Å². The van der Waals surface area contributed by atoms with Crippen molar-refractivity contribution >= 4 is 6.03 Å². The highest BCUT2D eigenvalue weighted by Crippen LogP contribution is 2.21. The molecule has 0 aromatic heterocycles. The number of benzene rings is 1. The third-order valence-corrected chi connectivity index (χ3v) is 2.85. The second kappa shape index (κ2) is 5.68. The first-order chi connectivity index (χ1) is 8.31. The lowest BCUT2D eigenvalue weighted by molar-refractivity contribution is -0.0153. The van der Waals surface area contributed by atoms with E-state index in [2.05, 4.69) is 5.32 Å². The largest absolute Gasteiger partial charge is 0.370 e. The molecule has 1 aromatic rings. The molecule has 17 heavy (non-hydrogen) atoms. The van der Waals surface area contributed by atoms with Gasteiger partial charge in [0.2, 0.25) is 0 Å². The Kier molecular flexibility index (Phi) is 3.98. The number of hydrogen-bond acceptors (Lipinski definition) is 2. The summed E-state index contributed by atoms with van der Waals surface area (Å²) in [5.74, 6) is 0. The maximum absolute atomic E-state index is 11.7. The molecule has 2 rings (SSSR count). The van der Waals surface area contributed by atoms with Crippen molar-refractivity contribution in [3.63, 3.8) is 0 Å². The van der Waals surface area contributed by atoms with Crippen molar-refractivity contribution in [3.8, 4) is 0 Å². The number of urea groups is 1. The normalized spacial score (nSPS) is 20.1. The minimum absolute atomic E-state index is 0.00303. The van der Waals surface area contributed by atoms with Crippen LogP contribution in [0.2, 0.25) is 0 Å². The number of nitrogens with zero attached hydrogens (tertiary/aromatic N) is 1. The van der Waals surface area contributed by atoms with Crippen LogP contribution in [0, 0.1) is 0 Å². The van der Waals surface area contributed by atoms with E-state index >= 15 is 0 Å². The summed E-state index contributed by atoms with van der Waals surface area (Å²) in [6.07, 6.45) is -0.00689. The third-order valence-electron chi connectivity index (χ3n) is 2.85. The van der Waals surface area contributed by atoms with Gasteiger partial charge in [-0.1, -0.05) is 30.3 Å². The van der Waals surface area contributed by atoms with Crippen molar-refractivity contribution < 1.29 is 9.53 Å². The van der Waals surface area contributed by atoms with Crippen LogP contribution in [0.4, 0.5) is 4.79 Å². The van der Waals surface area contributed by atoms with Crippen LogP contribution in [-0.4, -0.2) is 37.2 Å². The summed E-state index contributed by atoms with van der Waals surface area (Å²) in [4.78, 5) is 13.5. The van der Waals surface area contributed by atoms with Crippen molar-refractivity contribution in [3.05, 3.63) is 35.9 Å². The molecule has 4 nitrogen and oxygen atoms in total. The Bertz CT molecular complexity index is 367. The van der Waals surface area contributed by atoms with Gasteiger partial charge in [-0.15, -0.1) is 0 Å². The minimum atomic E-state index is -0.00689. The molecule has 1 N–H and O–H groups in total. The number of hydrogen-bond donors (Lipinski definition) is 1. The van der Waals surface area contributed by atoms with Gasteiger partial charge in [0.05, 0.1) is 13.2 Å². The lowest BCUT2D eigenvalue weighted by Crippen LogP contribution is -2.47. The first-order valence-corrected chi connectivity index (χ1v) is 6.00. The standard InChI is InChI=1S/C13H18N2O2/c1-2-14-13(16)15-8-9-17-12(10-15)11-6-4-3-5-7-11/h3-7,12H,2,8-10H2,1H3,(H,14,16). The highest BCUT2D eigenvalue weighted by molar-refractivity contribution is 5.74. The van der Waals surface area contributed by atoms with Crippen LogP contribution in [0.3, 0.4) is 0 Å². The number of morpholine rings is 1. The van der Waals surface area contributed by atoms with Gasteiger partial charge in [0.15, 0.2) is 0 Å². The molecule has 1 heterocycles. The second-order valence-electron chi connectivity index (χ2n) is 4.05. The van der Waals surface area contributed by atoms with Crippen LogP contribution < -0.4 is 5.32 Å². The lowest BCUT2D eigenvalue weighted by atomic mass is 10.1. The molecule has 0 aliphatic carbocycles. The highest BCUT2D eigenvalue weighted by atomic mass is 16.5. The predicted molar refractivity (Wildman–Crippen MR) is 65.8 cm³/mol. The molecule has 1 saturated heterocycles. The number of amides is 2. The lowest BCUT2D eigenvalue weighted by Gasteiger charge is -2.33. The fourth-order valence-electron chi connectivity index (χ4n) is 1.97. The quantitative estimate of drug-likeness (QED) is 0.847. The van der Waals surface area contributed by atoms with Crippen LogP contribution >= 0.6 is 0 Å². The van der Waals surface area contributed by atoms with Crippen molar-refractivity contribution in [2.45, 2.75) is 13.0 Å². The number of rotatable bonds is 2. The summed E-state index contributed by atoms with van der Waals surface area (Å²) < 4.78 is 5.70. The molecule has 1 atom stereocenters. The monoisotopic (exact) mass is 234 g/mol. The van der Waals surface area contributed by atoms with Crippen molar-refractivity contribution in [1.29, 1.82) is 0 Å². The number of carbonyl (C=O) groups is 1. The van der Waals surface area contributed by atoms with Gasteiger partial charge in [-0.25, -0.2) is 4.79 Å². The number of nitrogens with one attached hydrogen (secondary N) is 1. The van der Waals surface area contributed by atoms with E-state index in [1.165, 1.54) is 0 Å². The van der Waals surface area contributed by atoms with Gasteiger partial charge in [-0.2, -0.15) is 0 Å². The topological polar surface area (TPSA) is 41.6 Å². The number of ether oxygens (including phenoxy) is 1. The SMILES string of the molecule is CCNC(=O)N1CCOC(c2ccccc2)C1. The van der Waals surface area contributed by atoms with Crippen molar-refractivity contribution in [2.24, 2.45) is 0 Å². The van der Waals surface area contributed by atoms with E-state index in [1.807, 2.05) is 42.2 Å². The molecular weight excluding hydrogens is 216 g/mol. The molecule has 1 aliphatic rings. The summed E-state index contributed by atoms with van der Waals surface area (Å²) in [7, 11) is 0. The molecule has 4 heteroatoms. The van der Waals surface area contributed by atoms with Gasteiger partial charge in [0, 0.05) is 13.1 Å². The van der Waals surface area contributed by atoms with Gasteiger partial charge in [0.25, 0.3) is 0 Å². The Labute approximate surface area is 102 Å². The van der Waals surface area contributed by atoms with Gasteiger partial charge < -0.3 is 15.0 Å². The Hall–Kier alpha value is -1.55. The fraction of sp³-hybridized carbons (Fsp3) is 0.462. The Morgan fingerprint density at radius 1 is 1.47 bits per heavy atom. The summed E-state index contributed by atoms with van der Waals surface area (Å²) >= 11 is 0. The zero-order valence-corrected chi connectivity index (χ0v) is 10.1. The second-order valence-corrected chi connectivity index (χ2v) is 4.05. The fourth-order valence-corrected chi connectivity index (χ4v) is 1.97. The smallest absolute Gasteiger partial charge is 0.317 e. The minimum Gasteiger partial charge on any atom is -0.370 e. The molecule has 1 fully saturated rings. The first-order valence-electron chi connectivity index (χ1n) is 6.00. The molecule has 1 unspecified atom stereocenters. The Morgan fingerprint density at radius 3 is 2.94 bits per heavy atom. The molecule has 0 bridgehead atoms. The molecule has 0 saturated carbocycles. The molecule has 0 spiro atoms. The zero-order chi connectivity index (χ0) is 12.1. The molecule has 92 valence electrons. The summed E-state index contributed by atoms with van der Waals surface area (Å²) in [5, 5.41) is 2.82. The van der Waals surface area contributed by atoms with Gasteiger partial charge in [-0.3, -0.25) is 0 Å². The van der Waals surface area contributed by atoms with Crippen LogP contribution in [0.15, 0.2) is 30.3 Å². The summed E-state index contributed by atoms with van der Waals surface area (Å²) in [5.41, 5.74) is 1.13. The Morgan fingerprint density at radius 2 is 2.24 bits per heavy atom. The molecular formula is C13H18N2O2. The Balaban J connectivity index is 2.00. The molecule has 0 radical (unpaired) electrons. The van der Waals surface area contributed by atoms with E-state index in [0.29, 0.717) is 26.2 Å². The summed E-state index contributed by atoms with van der Waals surface area (Å²) in [6, 6.07) is 10.0. The summed E-state index contributed by atoms with van der Waals surface area (Å²) in [6.45, 7) is 4.46. The van der Waals surface area contributed by atoms with Crippen molar-refractivity contribution in [2.75, 3.05) is 26.2 Å². The van der Waals surface area contributed by atoms with Crippen molar-refractivity contribution in [1.82, 2.24) is 10.2 Å². The van der Waals surface area contributed by atoms with Gasteiger partial charge in [-0.05, 0) is 12.5 Å². The average molecular weight is 234 g/mol. The predicted octanol–water partition coefficient (Wildman–Crippen LogP) is 1.79. The maximum atomic E-state index is 11.7. The van der Waals surface area contributed by atoms with E-state index in [0.717, 1.165) is 5.56 Å². The van der Waals surface area contributed by atoms with Crippen LogP contribution in [0.1, 0.15) is 18.6 Å². The van der Waals surface area contributed by atoms with Crippen LogP contribution in [0.5, 0.6) is 0 Å². The van der Waals surface area contributed by atoms with Crippen LogP contribution in [0.25, 0.3) is 0 Å². The van der Waals surface area contributed by atoms with E-state index in [9.17, 15) is 4.79 Å². The molecule has 1 aliphatic heterocycles. The maximum Gasteiger partial charge on any atom is 0.317 e. The molecule has 2 amide bonds. The molecule has 1 aromatic carbocycles. The van der Waals surface area contributed by atoms with E-state index in [4.69, 9.17) is 4.74 Å². The van der Waals surface area contributed by atoms with E-state index in [1.54, 1.807) is 0 Å². The zero-order valence-electron chi connectivity index (χ0n) is 10.1. The first kappa shape index (κ1) is 11.9. The van der Waals surface area contributed by atoms with Gasteiger partial charge in [0.1, 0.15) is 6.10 Å². The van der Waals surface area contributed by atoms with E-state index < -0.39 is 0 Å². The third kappa shape index (κ3) is 2.97. The highest BCUT2D eigenvalue weighted by Gasteiger charge is 2.24.